The number of hydrogen-bond acceptors (Lipinski definition) is 3. The number of carbonyl (C=O) groups is 1. The van der Waals surface area contributed by atoms with Crippen molar-refractivity contribution >= 4 is 34.4 Å². The van der Waals surface area contributed by atoms with Gasteiger partial charge in [0.05, 0.1) is 21.8 Å². The second-order valence-corrected chi connectivity index (χ2v) is 5.33. The van der Waals surface area contributed by atoms with Crippen molar-refractivity contribution in [3.8, 4) is 11.3 Å². The quantitative estimate of drug-likeness (QED) is 0.499. The fourth-order valence-corrected chi connectivity index (χ4v) is 2.56. The van der Waals surface area contributed by atoms with Gasteiger partial charge in [0.1, 0.15) is 0 Å². The van der Waals surface area contributed by atoms with Crippen LogP contribution in [-0.2, 0) is 0 Å². The first-order valence-corrected chi connectivity index (χ1v) is 7.24. The van der Waals surface area contributed by atoms with Crippen LogP contribution in [-0.4, -0.2) is 16.9 Å². The molecule has 6 heteroatoms. The molecule has 1 aromatic heterocycles. The van der Waals surface area contributed by atoms with E-state index >= 15 is 0 Å². The zero-order valence-corrected chi connectivity index (χ0v) is 12.8. The largest absolute Gasteiger partial charge is 0.370 e. The molecule has 3 rings (SSSR count). The summed E-state index contributed by atoms with van der Waals surface area (Å²) in [6, 6.07) is 16.4. The SMILES string of the molecule is N=C(N)NC(=O)c1cc(-c2ccccc2)nc2c(Cl)cccc12. The van der Waals surface area contributed by atoms with E-state index in [1.165, 1.54) is 0 Å². The van der Waals surface area contributed by atoms with Crippen LogP contribution in [0.2, 0.25) is 5.02 Å². The summed E-state index contributed by atoms with van der Waals surface area (Å²) in [6.07, 6.45) is 0. The van der Waals surface area contributed by atoms with Gasteiger partial charge in [0.25, 0.3) is 5.91 Å². The summed E-state index contributed by atoms with van der Waals surface area (Å²) in [5.41, 5.74) is 7.65. The number of para-hydroxylation sites is 1. The van der Waals surface area contributed by atoms with Crippen LogP contribution < -0.4 is 11.1 Å². The predicted molar refractivity (Wildman–Crippen MR) is 91.6 cm³/mol. The lowest BCUT2D eigenvalue weighted by atomic mass is 10.0. The molecule has 0 atom stereocenters. The standard InChI is InChI=1S/C17H13ClN4O/c18-13-8-4-7-11-12(16(23)22-17(19)20)9-14(21-15(11)13)10-5-2-1-3-6-10/h1-9H,(H4,19,20,22,23). The lowest BCUT2D eigenvalue weighted by Gasteiger charge is -2.10. The average Bonchev–Trinajstić information content (AvgIpc) is 2.54. The zero-order chi connectivity index (χ0) is 16.4. The van der Waals surface area contributed by atoms with E-state index < -0.39 is 11.9 Å². The molecule has 0 radical (unpaired) electrons. The fourth-order valence-electron chi connectivity index (χ4n) is 2.35. The number of nitrogens with two attached hydrogens (primary N) is 1. The van der Waals surface area contributed by atoms with Gasteiger partial charge in [0, 0.05) is 10.9 Å². The number of pyridine rings is 1. The summed E-state index contributed by atoms with van der Waals surface area (Å²) in [5.74, 6) is -0.882. The molecule has 3 aromatic rings. The average molecular weight is 325 g/mol. The zero-order valence-electron chi connectivity index (χ0n) is 12.0. The van der Waals surface area contributed by atoms with E-state index in [1.807, 2.05) is 30.3 Å². The lowest BCUT2D eigenvalue weighted by Crippen LogP contribution is -2.35. The second-order valence-electron chi connectivity index (χ2n) is 4.92. The van der Waals surface area contributed by atoms with Crippen LogP contribution in [0.5, 0.6) is 0 Å². The molecule has 4 N–H and O–H groups in total. The van der Waals surface area contributed by atoms with Crippen LogP contribution in [0.25, 0.3) is 22.2 Å². The number of fused-ring (bicyclic) bond motifs is 1. The normalized spacial score (nSPS) is 10.5. The van der Waals surface area contributed by atoms with E-state index in [2.05, 4.69) is 10.3 Å². The number of aromatic nitrogens is 1. The molecular formula is C17H13ClN4O. The van der Waals surface area contributed by atoms with Gasteiger partial charge in [0.2, 0.25) is 0 Å². The van der Waals surface area contributed by atoms with E-state index in [4.69, 9.17) is 22.7 Å². The molecular weight excluding hydrogens is 312 g/mol. The highest BCUT2D eigenvalue weighted by molar-refractivity contribution is 6.35. The van der Waals surface area contributed by atoms with Crippen molar-refractivity contribution in [2.24, 2.45) is 5.73 Å². The molecule has 0 aliphatic rings. The van der Waals surface area contributed by atoms with Crippen molar-refractivity contribution in [1.82, 2.24) is 10.3 Å². The topological polar surface area (TPSA) is 91.9 Å². The van der Waals surface area contributed by atoms with Crippen molar-refractivity contribution in [2.45, 2.75) is 0 Å². The minimum atomic E-state index is -0.468. The van der Waals surface area contributed by atoms with Crippen LogP contribution in [0.3, 0.4) is 0 Å². The van der Waals surface area contributed by atoms with E-state index in [-0.39, 0.29) is 0 Å². The van der Waals surface area contributed by atoms with E-state index in [0.717, 1.165) is 5.56 Å². The van der Waals surface area contributed by atoms with Gasteiger partial charge < -0.3 is 5.73 Å². The molecule has 0 spiro atoms. The number of nitrogens with one attached hydrogen (secondary N) is 2. The highest BCUT2D eigenvalue weighted by Gasteiger charge is 2.15. The molecule has 1 heterocycles. The fraction of sp³-hybridized carbons (Fsp3) is 0. The van der Waals surface area contributed by atoms with Crippen LogP contribution >= 0.6 is 11.6 Å². The number of amides is 1. The summed E-state index contributed by atoms with van der Waals surface area (Å²) in [6.45, 7) is 0. The van der Waals surface area contributed by atoms with Crippen LogP contribution in [0, 0.1) is 5.41 Å². The Morgan fingerprint density at radius 1 is 1.13 bits per heavy atom. The molecule has 0 aliphatic carbocycles. The molecule has 0 fully saturated rings. The van der Waals surface area contributed by atoms with Gasteiger partial charge in [0.15, 0.2) is 5.96 Å². The third kappa shape index (κ3) is 3.00. The number of benzene rings is 2. The van der Waals surface area contributed by atoms with Crippen LogP contribution in [0.15, 0.2) is 54.6 Å². The first-order chi connectivity index (χ1) is 11.1. The van der Waals surface area contributed by atoms with Gasteiger partial charge in [-0.3, -0.25) is 15.5 Å². The number of hydrogen-bond donors (Lipinski definition) is 3. The maximum atomic E-state index is 12.4. The number of halogens is 1. The van der Waals surface area contributed by atoms with E-state index in [9.17, 15) is 4.79 Å². The Morgan fingerprint density at radius 2 is 1.87 bits per heavy atom. The monoisotopic (exact) mass is 324 g/mol. The third-order valence-corrected chi connectivity index (χ3v) is 3.66. The third-order valence-electron chi connectivity index (χ3n) is 3.35. The van der Waals surface area contributed by atoms with Crippen molar-refractivity contribution < 1.29 is 4.79 Å². The minimum absolute atomic E-state index is 0.367. The Bertz CT molecular complexity index is 909. The minimum Gasteiger partial charge on any atom is -0.370 e. The Balaban J connectivity index is 2.26. The number of carbonyl (C=O) groups excluding carboxylic acids is 1. The Morgan fingerprint density at radius 3 is 2.57 bits per heavy atom. The maximum Gasteiger partial charge on any atom is 0.258 e. The molecule has 0 aliphatic heterocycles. The molecule has 1 amide bonds. The van der Waals surface area contributed by atoms with Crippen molar-refractivity contribution in [1.29, 1.82) is 5.41 Å². The smallest absolute Gasteiger partial charge is 0.258 e. The van der Waals surface area contributed by atoms with Crippen molar-refractivity contribution in [3.05, 3.63) is 65.2 Å². The van der Waals surface area contributed by atoms with Gasteiger partial charge in [-0.15, -0.1) is 0 Å². The van der Waals surface area contributed by atoms with E-state index in [0.29, 0.717) is 27.2 Å². The van der Waals surface area contributed by atoms with Crippen molar-refractivity contribution in [3.63, 3.8) is 0 Å². The summed E-state index contributed by atoms with van der Waals surface area (Å²) in [7, 11) is 0. The van der Waals surface area contributed by atoms with E-state index in [1.54, 1.807) is 24.3 Å². The first kappa shape index (κ1) is 15.0. The Kier molecular flexibility index (Phi) is 3.95. The number of guanidine groups is 1. The number of rotatable bonds is 2. The summed E-state index contributed by atoms with van der Waals surface area (Å²) < 4.78 is 0. The summed E-state index contributed by atoms with van der Waals surface area (Å²) in [5, 5.41) is 10.6. The van der Waals surface area contributed by atoms with Gasteiger partial charge >= 0.3 is 0 Å². The molecule has 0 saturated carbocycles. The molecule has 0 unspecified atom stereocenters. The van der Waals surface area contributed by atoms with Crippen LogP contribution in [0.1, 0.15) is 10.4 Å². The Hall–Kier alpha value is -2.92. The summed E-state index contributed by atoms with van der Waals surface area (Å²) >= 11 is 6.24. The molecule has 5 nitrogen and oxygen atoms in total. The highest BCUT2D eigenvalue weighted by atomic mass is 35.5. The number of nitrogens with zero attached hydrogens (tertiary/aromatic N) is 1. The van der Waals surface area contributed by atoms with Crippen molar-refractivity contribution in [2.75, 3.05) is 0 Å². The van der Waals surface area contributed by atoms with Gasteiger partial charge in [-0.25, -0.2) is 4.98 Å². The lowest BCUT2D eigenvalue weighted by molar-refractivity contribution is 0.0978. The highest BCUT2D eigenvalue weighted by Crippen LogP contribution is 2.29. The molecule has 23 heavy (non-hydrogen) atoms. The second kappa shape index (κ2) is 6.06. The summed E-state index contributed by atoms with van der Waals surface area (Å²) in [4.78, 5) is 16.9. The predicted octanol–water partition coefficient (Wildman–Crippen LogP) is 3.18. The van der Waals surface area contributed by atoms with Gasteiger partial charge in [-0.2, -0.15) is 0 Å². The maximum absolute atomic E-state index is 12.4. The van der Waals surface area contributed by atoms with Gasteiger partial charge in [-0.1, -0.05) is 54.1 Å². The molecule has 0 bridgehead atoms. The first-order valence-electron chi connectivity index (χ1n) is 6.86. The van der Waals surface area contributed by atoms with Gasteiger partial charge in [-0.05, 0) is 12.1 Å². The molecule has 0 saturated heterocycles. The molecule has 2 aromatic carbocycles. The molecule has 114 valence electrons. The van der Waals surface area contributed by atoms with Crippen LogP contribution in [0.4, 0.5) is 0 Å². The Labute approximate surface area is 137 Å².